The fourth-order valence-electron chi connectivity index (χ4n) is 3.81. The van der Waals surface area contributed by atoms with Crippen LogP contribution in [0.5, 0.6) is 0 Å². The molecule has 0 spiro atoms. The highest BCUT2D eigenvalue weighted by Gasteiger charge is 2.17. The second-order valence-electron chi connectivity index (χ2n) is 12.5. The Labute approximate surface area is 244 Å². The van der Waals surface area contributed by atoms with Crippen LogP contribution in [0, 0.1) is 70.6 Å². The highest BCUT2D eigenvalue weighted by atomic mass is 16.2. The van der Waals surface area contributed by atoms with Crippen molar-refractivity contribution >= 4 is 0 Å². The molecule has 0 heterocycles. The fraction of sp³-hybridized carbons (Fsp3) is 0.838. The summed E-state index contributed by atoms with van der Waals surface area (Å²) in [6.45, 7) is 23.3. The molecule has 6 aliphatic rings. The minimum atomic E-state index is 0.750. The molecule has 6 aliphatic carbocycles. The molecule has 225 valence electrons. The second kappa shape index (κ2) is 31.5. The lowest BCUT2D eigenvalue weighted by atomic mass is 9.88. The maximum absolute atomic E-state index is 8.25. The maximum atomic E-state index is 8.25. The van der Waals surface area contributed by atoms with Crippen LogP contribution >= 0.6 is 0 Å². The van der Waals surface area contributed by atoms with E-state index < -0.39 is 0 Å². The van der Waals surface area contributed by atoms with E-state index in [2.05, 4.69) is 54.9 Å². The molecule has 0 unspecified atom stereocenters. The van der Waals surface area contributed by atoms with Crippen molar-refractivity contribution in [1.82, 2.24) is 0 Å². The van der Waals surface area contributed by atoms with Gasteiger partial charge in [0.1, 0.15) is 0 Å². The van der Waals surface area contributed by atoms with Crippen LogP contribution in [0.1, 0.15) is 162 Å². The Morgan fingerprint density at radius 3 is 0.947 bits per heavy atom. The molecule has 0 bridgehead atoms. The predicted molar refractivity (Wildman–Crippen MR) is 173 cm³/mol. The van der Waals surface area contributed by atoms with Gasteiger partial charge in [-0.1, -0.05) is 196 Å². The summed E-state index contributed by atoms with van der Waals surface area (Å²) in [4.78, 5) is 0. The molecule has 0 N–H and O–H groups in total. The molecule has 0 aromatic heterocycles. The summed E-state index contributed by atoms with van der Waals surface area (Å²) in [5.74, 6) is 4.24. The smallest absolute Gasteiger partial charge is 0.0712 e. The average Bonchev–Trinajstić information content (AvgIpc) is 3.81. The quantitative estimate of drug-likeness (QED) is 0.337. The topological polar surface area (TPSA) is 19.9 Å². The minimum absolute atomic E-state index is 0.750. The van der Waals surface area contributed by atoms with Crippen molar-refractivity contribution in [3.63, 3.8) is 0 Å². The van der Waals surface area contributed by atoms with E-state index in [4.69, 9.17) is 5.11 Å². The van der Waals surface area contributed by atoms with Crippen LogP contribution in [0.2, 0.25) is 0 Å². The van der Waals surface area contributed by atoms with E-state index in [1.165, 1.54) is 141 Å². The summed E-state index contributed by atoms with van der Waals surface area (Å²) in [5, 5.41) is 8.25. The van der Waals surface area contributed by atoms with Gasteiger partial charge in [-0.15, -0.1) is 0 Å². The molecule has 38 heavy (non-hydrogen) atoms. The van der Waals surface area contributed by atoms with E-state index in [0.29, 0.717) is 0 Å². The van der Waals surface area contributed by atoms with Gasteiger partial charge >= 0.3 is 0 Å². The molecule has 6 saturated carbocycles. The lowest BCUT2D eigenvalue weighted by Crippen LogP contribution is -2.04. The Morgan fingerprint density at radius 1 is 0.553 bits per heavy atom. The molecule has 0 atom stereocenters. The molecule has 0 amide bonds. The first-order chi connectivity index (χ1) is 18.4. The number of hydrogen-bond acceptors (Lipinski definition) is 0. The van der Waals surface area contributed by atoms with Gasteiger partial charge in [-0.25, -0.2) is 5.11 Å². The lowest BCUT2D eigenvalue weighted by Gasteiger charge is -2.18. The fourth-order valence-corrected chi connectivity index (χ4v) is 3.81. The van der Waals surface area contributed by atoms with E-state index in [9.17, 15) is 0 Å². The Hall–Kier alpha value is -0.0400. The molecule has 6 fully saturated rings. The maximum Gasteiger partial charge on any atom is 0.0712 e. The first-order valence-corrected chi connectivity index (χ1v) is 16.7. The van der Waals surface area contributed by atoms with Crippen molar-refractivity contribution in [2.75, 3.05) is 7.11 Å². The van der Waals surface area contributed by atoms with Gasteiger partial charge in [0.05, 0.1) is 7.11 Å². The van der Waals surface area contributed by atoms with E-state index >= 15 is 0 Å². The Morgan fingerprint density at radius 2 is 0.868 bits per heavy atom. The Balaban J connectivity index is 0. The number of hydrogen-bond donors (Lipinski definition) is 0. The van der Waals surface area contributed by atoms with Crippen molar-refractivity contribution in [2.45, 2.75) is 162 Å². The van der Waals surface area contributed by atoms with Crippen molar-refractivity contribution in [3.8, 4) is 0 Å². The van der Waals surface area contributed by atoms with Gasteiger partial charge in [-0.3, -0.25) is 0 Å². The van der Waals surface area contributed by atoms with Crippen LogP contribution in [0.4, 0.5) is 0 Å². The first-order valence-electron chi connectivity index (χ1n) is 16.7. The van der Waals surface area contributed by atoms with E-state index in [1.54, 1.807) is 0 Å². The molecule has 1 heteroatoms. The van der Waals surface area contributed by atoms with Gasteiger partial charge < -0.3 is 0 Å². The SMILES string of the molecule is C1CCCC1.C[O].[CH2]C1CC1.[CH2]C1CCC1.[CH2]C1CCCC1.[CH2]CC(C)C.[CH2]CC1CC1.[CH]1CCCCC1. The molecule has 0 aromatic rings. The van der Waals surface area contributed by atoms with Crippen LogP contribution < -0.4 is 0 Å². The van der Waals surface area contributed by atoms with Crippen LogP contribution in [0.3, 0.4) is 0 Å². The van der Waals surface area contributed by atoms with Crippen LogP contribution in [0.15, 0.2) is 0 Å². The summed E-state index contributed by atoms with van der Waals surface area (Å²) in [6, 6.07) is 0. The van der Waals surface area contributed by atoms with Crippen molar-refractivity contribution < 1.29 is 5.11 Å². The first kappa shape index (κ1) is 40.1. The predicted octanol–water partition coefficient (Wildman–Crippen LogP) is 12.5. The zero-order chi connectivity index (χ0) is 28.9. The van der Waals surface area contributed by atoms with Crippen molar-refractivity contribution in [2.24, 2.45) is 29.6 Å². The summed E-state index contributed by atoms with van der Waals surface area (Å²) in [6.07, 6.45) is 34.6. The molecule has 0 aliphatic heterocycles. The Kier molecular flexibility index (Phi) is 33.2. The Bertz CT molecular complexity index is 366. The van der Waals surface area contributed by atoms with Crippen LogP contribution in [0.25, 0.3) is 0 Å². The van der Waals surface area contributed by atoms with Crippen molar-refractivity contribution in [1.29, 1.82) is 0 Å². The zero-order valence-corrected chi connectivity index (χ0v) is 26.7. The normalized spacial score (nSPS) is 21.6. The third-order valence-corrected chi connectivity index (χ3v) is 7.65. The van der Waals surface area contributed by atoms with E-state index in [-0.39, 0.29) is 0 Å². The molecule has 0 aromatic carbocycles. The number of rotatable bonds is 2. The monoisotopic (exact) mass is 532 g/mol. The third-order valence-electron chi connectivity index (χ3n) is 7.65. The van der Waals surface area contributed by atoms with E-state index in [0.717, 1.165) is 43.1 Å². The summed E-state index contributed by atoms with van der Waals surface area (Å²) in [5.41, 5.74) is 0. The van der Waals surface area contributed by atoms with Crippen molar-refractivity contribution in [3.05, 3.63) is 41.0 Å². The second-order valence-corrected chi connectivity index (χ2v) is 12.5. The highest BCUT2D eigenvalue weighted by molar-refractivity contribution is 4.74. The average molecular weight is 532 g/mol. The largest absolute Gasteiger partial charge is 0.240 e. The molecular formula is C37H71O. The molecule has 7 radical (unpaired) electrons. The highest BCUT2D eigenvalue weighted by Crippen LogP contribution is 2.31. The lowest BCUT2D eigenvalue weighted by molar-refractivity contribution is 0.282. The standard InChI is InChI=1S/2C6H11.2C5H9.C5H10.C5H11.C4H7.CH3O/c1-6-4-2-3-5-6;1-2-4-6-5-3-1;1-5-3-2-4-5;1-2-5-3-4-5;1-2-4-5-3-1;1-4-5(2)3;1-4-2-3-4;1-2/h6H,1-5H2;1H,2-6H2;2*5H,1-4H2;1-5H2;5H,1,4H2,2-3H3;4H,1-3H2;1H3. The van der Waals surface area contributed by atoms with Gasteiger partial charge in [0.15, 0.2) is 0 Å². The van der Waals surface area contributed by atoms with Crippen LogP contribution in [-0.2, 0) is 5.11 Å². The molecular weight excluding hydrogens is 460 g/mol. The molecule has 0 saturated heterocycles. The molecule has 1 nitrogen and oxygen atoms in total. The summed E-state index contributed by atoms with van der Waals surface area (Å²) < 4.78 is 0. The summed E-state index contributed by atoms with van der Waals surface area (Å²) >= 11 is 0. The van der Waals surface area contributed by atoms with Gasteiger partial charge in [-0.2, -0.15) is 0 Å². The van der Waals surface area contributed by atoms with Gasteiger partial charge in [0.2, 0.25) is 0 Å². The van der Waals surface area contributed by atoms with E-state index in [1.807, 2.05) is 0 Å². The molecule has 6 rings (SSSR count). The minimum Gasteiger partial charge on any atom is -0.240 e. The van der Waals surface area contributed by atoms with Crippen LogP contribution in [-0.4, -0.2) is 7.11 Å². The van der Waals surface area contributed by atoms with Gasteiger partial charge in [0.25, 0.3) is 0 Å². The zero-order valence-electron chi connectivity index (χ0n) is 26.7. The van der Waals surface area contributed by atoms with Gasteiger partial charge in [0, 0.05) is 0 Å². The van der Waals surface area contributed by atoms with Gasteiger partial charge in [-0.05, 0) is 36.0 Å². The third kappa shape index (κ3) is 38.1. The summed E-state index contributed by atoms with van der Waals surface area (Å²) in [7, 11) is 0.750.